The molecule has 0 unspecified atom stereocenters. The minimum Gasteiger partial charge on any atom is -0.395 e. The Labute approximate surface area is 411 Å². The summed E-state index contributed by atoms with van der Waals surface area (Å²) in [5, 5.41) is 19.3. The largest absolute Gasteiger partial charge is 0.395 e. The molecule has 348 valence electrons. The van der Waals surface area contributed by atoms with Crippen LogP contribution < -0.4 is 10.7 Å². The van der Waals surface area contributed by atoms with Gasteiger partial charge in [-0.25, -0.2) is 4.79 Å². The molecule has 1 aliphatic heterocycles. The molecule has 8 aromatic rings. The van der Waals surface area contributed by atoms with Crippen LogP contribution in [-0.4, -0.2) is 61.6 Å². The third-order valence-electron chi connectivity index (χ3n) is 13.6. The van der Waals surface area contributed by atoms with Crippen molar-refractivity contribution in [2.24, 2.45) is 0 Å². The Morgan fingerprint density at radius 1 is 0.507 bits per heavy atom. The van der Waals surface area contributed by atoms with Crippen molar-refractivity contribution in [3.05, 3.63) is 166 Å². The number of nitrogens with zero attached hydrogens (tertiary/aromatic N) is 4. The number of allylic oxidation sites excluding steroid dienone is 5. The average molecular weight is 949 g/mol. The highest BCUT2D eigenvalue weighted by atomic mass is 32.2. The lowest BCUT2D eigenvalue weighted by Crippen LogP contribution is -2.57. The first-order valence-corrected chi connectivity index (χ1v) is 26.0. The Morgan fingerprint density at radius 2 is 0.986 bits per heavy atom. The van der Waals surface area contributed by atoms with Gasteiger partial charge < -0.3 is 14.2 Å². The van der Waals surface area contributed by atoms with E-state index >= 15 is 0 Å². The molecular weight excluding hydrogens is 893 g/mol. The van der Waals surface area contributed by atoms with Crippen LogP contribution in [0.2, 0.25) is 0 Å². The molecule has 8 nitrogen and oxygen atoms in total. The highest BCUT2D eigenvalue weighted by Crippen LogP contribution is 2.42. The molecule has 3 heterocycles. The van der Waals surface area contributed by atoms with E-state index in [2.05, 4.69) is 163 Å². The molecule has 0 atom stereocenters. The van der Waals surface area contributed by atoms with Crippen molar-refractivity contribution >= 4 is 96.9 Å². The molecule has 2 fully saturated rings. The summed E-state index contributed by atoms with van der Waals surface area (Å²) in [6.07, 6.45) is 13.1. The Hall–Kier alpha value is -6.59. The number of β-amino-alcohol motifs (C(OH)–C–C–N with tert-alkyl or cyclic N) is 1. The van der Waals surface area contributed by atoms with Crippen molar-refractivity contribution in [1.82, 2.24) is 18.9 Å². The van der Waals surface area contributed by atoms with Gasteiger partial charge in [-0.3, -0.25) is 19.4 Å². The topological polar surface area (TPSA) is 87.8 Å². The lowest BCUT2D eigenvalue weighted by molar-refractivity contribution is -0.136. The number of hydrogen-bond donors (Lipinski definition) is 1. The van der Waals surface area contributed by atoms with Gasteiger partial charge >= 0.3 is 6.03 Å². The maximum Gasteiger partial charge on any atom is 0.334 e. The number of urea groups is 1. The Bertz CT molecular complexity index is 3300. The van der Waals surface area contributed by atoms with Crippen molar-refractivity contribution in [2.45, 2.75) is 92.0 Å². The van der Waals surface area contributed by atoms with E-state index in [1.807, 2.05) is 12.1 Å². The van der Waals surface area contributed by atoms with Gasteiger partial charge in [-0.1, -0.05) is 135 Å². The predicted molar refractivity (Wildman–Crippen MR) is 283 cm³/mol. The monoisotopic (exact) mass is 948 g/mol. The summed E-state index contributed by atoms with van der Waals surface area (Å²) in [6, 6.07) is 42.1. The minimum atomic E-state index is -0.668. The predicted octanol–water partition coefficient (Wildman–Crippen LogP) is 12.3. The van der Waals surface area contributed by atoms with Gasteiger partial charge in [0.15, 0.2) is 0 Å². The number of aliphatic hydroxyl groups excluding tert-OH is 1. The maximum atomic E-state index is 14.9. The number of amides is 4. The molecule has 1 aliphatic carbocycles. The highest BCUT2D eigenvalue weighted by molar-refractivity contribution is 7.99. The molecule has 0 radical (unpaired) electrons. The minimum absolute atomic E-state index is 0.0104. The van der Waals surface area contributed by atoms with Crippen LogP contribution in [0.3, 0.4) is 0 Å². The second-order valence-electron chi connectivity index (χ2n) is 17.7. The Balaban J connectivity index is 1.15. The van der Waals surface area contributed by atoms with Gasteiger partial charge in [0.1, 0.15) is 5.57 Å². The SMILES string of the molecule is CCCCCCN1C(=O)C(=C2C(=CC=c3c4cccc5c(Sc6ccccc6)ccc(c54)n3CC)CCC2=CC=c2c3cccc4c(Sc5ccccc5)ccc(c43)n2CC)C(=O)N(CCO)C1=O. The Kier molecular flexibility index (Phi) is 13.5. The Morgan fingerprint density at radius 3 is 1.45 bits per heavy atom. The summed E-state index contributed by atoms with van der Waals surface area (Å²) in [5.41, 5.74) is 4.58. The number of rotatable bonds is 15. The molecule has 1 N–H and O–H groups in total. The second-order valence-corrected chi connectivity index (χ2v) is 19.9. The van der Waals surface area contributed by atoms with Crippen molar-refractivity contribution in [2.75, 3.05) is 19.7 Å². The van der Waals surface area contributed by atoms with Crippen molar-refractivity contribution in [1.29, 1.82) is 0 Å². The normalized spacial score (nSPS) is 16.6. The summed E-state index contributed by atoms with van der Waals surface area (Å²) >= 11 is 3.52. The molecule has 10 heteroatoms. The van der Waals surface area contributed by atoms with Gasteiger partial charge in [0.2, 0.25) is 0 Å². The van der Waals surface area contributed by atoms with Gasteiger partial charge in [-0.05, 0) is 121 Å². The summed E-state index contributed by atoms with van der Waals surface area (Å²) < 4.78 is 4.68. The first-order valence-electron chi connectivity index (χ1n) is 24.3. The number of aromatic nitrogens is 2. The molecule has 1 saturated heterocycles. The van der Waals surface area contributed by atoms with Crippen molar-refractivity contribution in [3.63, 3.8) is 0 Å². The zero-order valence-corrected chi connectivity index (χ0v) is 41.0. The molecule has 0 bridgehead atoms. The van der Waals surface area contributed by atoms with E-state index in [9.17, 15) is 19.5 Å². The van der Waals surface area contributed by atoms with Gasteiger partial charge in [-0.2, -0.15) is 0 Å². The number of imide groups is 2. The van der Waals surface area contributed by atoms with E-state index in [-0.39, 0.29) is 18.7 Å². The third kappa shape index (κ3) is 8.53. The molecule has 10 rings (SSSR count). The molecule has 69 heavy (non-hydrogen) atoms. The van der Waals surface area contributed by atoms with Gasteiger partial charge in [0.25, 0.3) is 11.8 Å². The molecular formula is C59H56N4O4S2. The molecule has 1 saturated carbocycles. The zero-order chi connectivity index (χ0) is 47.6. The van der Waals surface area contributed by atoms with Crippen LogP contribution in [0.15, 0.2) is 175 Å². The number of unbranched alkanes of at least 4 members (excludes halogenated alkanes) is 3. The summed E-state index contributed by atoms with van der Waals surface area (Å²) in [7, 11) is 0. The zero-order valence-electron chi connectivity index (χ0n) is 39.4. The molecule has 6 aromatic carbocycles. The standard InChI is InChI=1S/C59H56N4O4S2/c1-4-7-8-15-36-62-57(65)56(58(66)63(37-38-64)59(62)67)53-39(28-30-47-43-22-16-24-45-51(68-41-18-11-9-12-19-41)34-32-49(54(43)45)60(47)5-2)26-27-40(53)29-31-48-44-23-17-25-46-52(69-42-20-13-10-14-21-42)35-33-50(55(44)46)61(48)6-3/h9-14,16-25,28-35,64H,4-8,15,26-27,36-38H2,1-3H3. The quantitative estimate of drug-likeness (QED) is 0.0626. The fourth-order valence-corrected chi connectivity index (χ4v) is 12.4. The summed E-state index contributed by atoms with van der Waals surface area (Å²) in [4.78, 5) is 50.5. The fourth-order valence-electron chi connectivity index (χ4n) is 10.4. The summed E-state index contributed by atoms with van der Waals surface area (Å²) in [6.45, 7) is 7.53. The van der Waals surface area contributed by atoms with Crippen LogP contribution in [0, 0.1) is 0 Å². The lowest BCUT2D eigenvalue weighted by Gasteiger charge is -2.34. The molecule has 4 amide bonds. The van der Waals surface area contributed by atoms with Crippen LogP contribution in [-0.2, 0) is 22.7 Å². The van der Waals surface area contributed by atoms with Gasteiger partial charge in [-0.15, -0.1) is 0 Å². The third-order valence-corrected chi connectivity index (χ3v) is 15.8. The van der Waals surface area contributed by atoms with E-state index in [0.717, 1.165) is 80.9 Å². The van der Waals surface area contributed by atoms with E-state index in [4.69, 9.17) is 0 Å². The van der Waals surface area contributed by atoms with Crippen molar-refractivity contribution < 1.29 is 19.5 Å². The number of hydrogen-bond acceptors (Lipinski definition) is 6. The van der Waals surface area contributed by atoms with Crippen LogP contribution >= 0.6 is 23.5 Å². The number of carbonyl (C=O) groups is 3. The van der Waals surface area contributed by atoms with Gasteiger partial charge in [0.05, 0.1) is 13.2 Å². The number of barbiturate groups is 1. The second kappa shape index (κ2) is 20.2. The molecule has 2 aliphatic rings. The fraction of sp³-hybridized carbons (Fsp3) is 0.237. The number of carbonyl (C=O) groups excluding carboxylic acids is 3. The van der Waals surface area contributed by atoms with Gasteiger partial charge in [0, 0.05) is 82.5 Å². The first-order chi connectivity index (χ1) is 33.8. The van der Waals surface area contributed by atoms with E-state index in [1.54, 1.807) is 23.5 Å². The van der Waals surface area contributed by atoms with Crippen LogP contribution in [0.5, 0.6) is 0 Å². The average Bonchev–Trinajstić information content (AvgIpc) is 4.03. The number of aliphatic hydroxyl groups is 1. The van der Waals surface area contributed by atoms with E-state index in [0.29, 0.717) is 24.8 Å². The number of aryl methyl sites for hydroxylation is 2. The molecule has 2 aromatic heterocycles. The van der Waals surface area contributed by atoms with Crippen molar-refractivity contribution in [3.8, 4) is 0 Å². The number of benzene rings is 6. The van der Waals surface area contributed by atoms with E-state index in [1.165, 1.54) is 46.0 Å². The molecule has 0 spiro atoms. The highest BCUT2D eigenvalue weighted by Gasteiger charge is 2.44. The van der Waals surface area contributed by atoms with E-state index < -0.39 is 24.5 Å². The van der Waals surface area contributed by atoms with Crippen LogP contribution in [0.4, 0.5) is 4.79 Å². The lowest BCUT2D eigenvalue weighted by atomic mass is 9.95. The van der Waals surface area contributed by atoms with Crippen LogP contribution in [0.1, 0.15) is 59.3 Å². The first kappa shape index (κ1) is 46.2. The summed E-state index contributed by atoms with van der Waals surface area (Å²) in [5.74, 6) is -1.23. The smallest absolute Gasteiger partial charge is 0.334 e. The maximum absolute atomic E-state index is 14.9. The van der Waals surface area contributed by atoms with Crippen LogP contribution in [0.25, 0.3) is 55.5 Å².